The van der Waals surface area contributed by atoms with E-state index >= 15 is 0 Å². The van der Waals surface area contributed by atoms with E-state index < -0.39 is 0 Å². The van der Waals surface area contributed by atoms with Crippen molar-refractivity contribution in [3.8, 4) is 0 Å². The van der Waals surface area contributed by atoms with E-state index in [0.29, 0.717) is 5.82 Å². The first-order chi connectivity index (χ1) is 9.36. The summed E-state index contributed by atoms with van der Waals surface area (Å²) in [4.78, 5) is 12.0. The van der Waals surface area contributed by atoms with E-state index in [-0.39, 0.29) is 11.4 Å². The van der Waals surface area contributed by atoms with Gasteiger partial charge >= 0.3 is 6.03 Å². The van der Waals surface area contributed by atoms with Crippen LogP contribution in [0.5, 0.6) is 0 Å². The number of amides is 2. The molecular formula is C14H17BrN4O. The Morgan fingerprint density at radius 2 is 2.00 bits per heavy atom. The second kappa shape index (κ2) is 5.66. The van der Waals surface area contributed by atoms with E-state index in [2.05, 4.69) is 57.5 Å². The molecule has 0 saturated heterocycles. The number of aromatic nitrogens is 2. The minimum Gasteiger partial charge on any atom is -0.307 e. The van der Waals surface area contributed by atoms with Crippen LogP contribution in [0.4, 0.5) is 16.3 Å². The molecule has 2 amide bonds. The van der Waals surface area contributed by atoms with Crippen LogP contribution < -0.4 is 10.6 Å². The van der Waals surface area contributed by atoms with Crippen LogP contribution in [0, 0.1) is 0 Å². The average molecular weight is 337 g/mol. The molecule has 0 bridgehead atoms. The van der Waals surface area contributed by atoms with E-state index in [9.17, 15) is 4.79 Å². The summed E-state index contributed by atoms with van der Waals surface area (Å²) in [5, 5.41) is 12.0. The minimum atomic E-state index is -0.308. The molecule has 0 atom stereocenters. The van der Waals surface area contributed by atoms with Gasteiger partial charge in [0.1, 0.15) is 5.82 Å². The molecule has 0 radical (unpaired) electrons. The highest BCUT2D eigenvalue weighted by molar-refractivity contribution is 9.10. The molecule has 1 aromatic carbocycles. The molecule has 20 heavy (non-hydrogen) atoms. The number of halogens is 1. The van der Waals surface area contributed by atoms with Gasteiger partial charge in [0.2, 0.25) is 0 Å². The lowest BCUT2D eigenvalue weighted by molar-refractivity contribution is 0.262. The van der Waals surface area contributed by atoms with Gasteiger partial charge in [0.25, 0.3) is 0 Å². The van der Waals surface area contributed by atoms with Gasteiger partial charge in [-0.05, 0) is 23.1 Å². The molecule has 106 valence electrons. The molecular weight excluding hydrogens is 320 g/mol. The van der Waals surface area contributed by atoms with Crippen LogP contribution in [0.3, 0.4) is 0 Å². The Labute approximate surface area is 126 Å². The maximum Gasteiger partial charge on any atom is 0.324 e. The summed E-state index contributed by atoms with van der Waals surface area (Å²) in [6.07, 6.45) is 1.58. The van der Waals surface area contributed by atoms with Crippen molar-refractivity contribution in [2.45, 2.75) is 26.2 Å². The molecule has 0 unspecified atom stereocenters. The summed E-state index contributed by atoms with van der Waals surface area (Å²) in [6.45, 7) is 6.32. The lowest BCUT2D eigenvalue weighted by Gasteiger charge is -2.23. The van der Waals surface area contributed by atoms with Gasteiger partial charge in [-0.15, -0.1) is 0 Å². The maximum absolute atomic E-state index is 12.0. The summed E-state index contributed by atoms with van der Waals surface area (Å²) < 4.78 is 0.919. The fraction of sp³-hybridized carbons (Fsp3) is 0.286. The highest BCUT2D eigenvalue weighted by atomic mass is 79.9. The molecule has 0 saturated carbocycles. The van der Waals surface area contributed by atoms with E-state index in [0.717, 1.165) is 15.7 Å². The van der Waals surface area contributed by atoms with Gasteiger partial charge in [0.05, 0.1) is 6.20 Å². The van der Waals surface area contributed by atoms with Crippen LogP contribution in [0.1, 0.15) is 26.3 Å². The molecule has 5 nitrogen and oxygen atoms in total. The van der Waals surface area contributed by atoms with Crippen molar-refractivity contribution in [3.63, 3.8) is 0 Å². The van der Waals surface area contributed by atoms with Crippen molar-refractivity contribution >= 4 is 33.5 Å². The van der Waals surface area contributed by atoms with E-state index in [1.165, 1.54) is 0 Å². The third-order valence-corrected chi connectivity index (χ3v) is 3.28. The molecule has 1 aromatic heterocycles. The van der Waals surface area contributed by atoms with Gasteiger partial charge in [-0.1, -0.05) is 42.8 Å². The number of benzene rings is 1. The third-order valence-electron chi connectivity index (χ3n) is 2.79. The Morgan fingerprint density at radius 1 is 1.25 bits per heavy atom. The number of urea groups is 1. The quantitative estimate of drug-likeness (QED) is 0.772. The van der Waals surface area contributed by atoms with E-state index in [4.69, 9.17) is 0 Å². The standard InChI is InChI=1S/C14H17BrN4O/c1-14(2,3)10-5-4-9(15)8-11(10)17-13(20)18-12-6-7-16-19-12/h4-8H,1-3H3,(H3,16,17,18,19,20). The fourth-order valence-corrected chi connectivity index (χ4v) is 2.24. The Hall–Kier alpha value is -1.82. The molecule has 0 aliphatic heterocycles. The number of carbonyl (C=O) groups excluding carboxylic acids is 1. The topological polar surface area (TPSA) is 69.8 Å². The smallest absolute Gasteiger partial charge is 0.307 e. The number of nitrogens with one attached hydrogen (secondary N) is 3. The van der Waals surface area contributed by atoms with Crippen molar-refractivity contribution in [1.82, 2.24) is 10.2 Å². The average Bonchev–Trinajstić information content (AvgIpc) is 2.79. The number of aromatic amines is 1. The van der Waals surface area contributed by atoms with Crippen LogP contribution in [-0.2, 0) is 5.41 Å². The number of carbonyl (C=O) groups is 1. The number of nitrogens with zero attached hydrogens (tertiary/aromatic N) is 1. The van der Waals surface area contributed by atoms with Crippen LogP contribution in [0.2, 0.25) is 0 Å². The molecule has 0 aliphatic rings. The number of anilines is 2. The van der Waals surface area contributed by atoms with Gasteiger partial charge in [-0.2, -0.15) is 5.10 Å². The Kier molecular flexibility index (Phi) is 4.13. The first-order valence-corrected chi connectivity index (χ1v) is 7.03. The Balaban J connectivity index is 2.20. The molecule has 2 aromatic rings. The molecule has 2 rings (SSSR count). The van der Waals surface area contributed by atoms with Crippen molar-refractivity contribution < 1.29 is 4.79 Å². The predicted molar refractivity (Wildman–Crippen MR) is 84.1 cm³/mol. The van der Waals surface area contributed by atoms with Crippen molar-refractivity contribution in [2.75, 3.05) is 10.6 Å². The monoisotopic (exact) mass is 336 g/mol. The van der Waals surface area contributed by atoms with Crippen LogP contribution >= 0.6 is 15.9 Å². The highest BCUT2D eigenvalue weighted by Crippen LogP contribution is 2.31. The maximum atomic E-state index is 12.0. The molecule has 3 N–H and O–H groups in total. The number of hydrogen-bond acceptors (Lipinski definition) is 2. The van der Waals surface area contributed by atoms with Gasteiger partial charge in [-0.3, -0.25) is 10.4 Å². The lowest BCUT2D eigenvalue weighted by atomic mass is 9.86. The summed E-state index contributed by atoms with van der Waals surface area (Å²) >= 11 is 3.43. The lowest BCUT2D eigenvalue weighted by Crippen LogP contribution is -2.23. The van der Waals surface area contributed by atoms with Gasteiger partial charge in [-0.25, -0.2) is 4.79 Å². The zero-order chi connectivity index (χ0) is 14.8. The summed E-state index contributed by atoms with van der Waals surface area (Å²) in [5.41, 5.74) is 1.79. The first kappa shape index (κ1) is 14.6. The third kappa shape index (κ3) is 3.60. The molecule has 0 aliphatic carbocycles. The van der Waals surface area contributed by atoms with Crippen LogP contribution in [-0.4, -0.2) is 16.2 Å². The highest BCUT2D eigenvalue weighted by Gasteiger charge is 2.19. The summed E-state index contributed by atoms with van der Waals surface area (Å²) in [7, 11) is 0. The SMILES string of the molecule is CC(C)(C)c1ccc(Br)cc1NC(=O)Nc1ccn[nH]1. The van der Waals surface area contributed by atoms with Crippen molar-refractivity contribution in [3.05, 3.63) is 40.5 Å². The largest absolute Gasteiger partial charge is 0.324 e. The first-order valence-electron chi connectivity index (χ1n) is 6.23. The minimum absolute atomic E-state index is 0.0582. The van der Waals surface area contributed by atoms with E-state index in [1.54, 1.807) is 12.3 Å². The number of H-pyrrole nitrogens is 1. The normalized spacial score (nSPS) is 11.2. The van der Waals surface area contributed by atoms with Crippen molar-refractivity contribution in [1.29, 1.82) is 0 Å². The molecule has 0 fully saturated rings. The van der Waals surface area contributed by atoms with Crippen LogP contribution in [0.15, 0.2) is 34.9 Å². The number of hydrogen-bond donors (Lipinski definition) is 3. The van der Waals surface area contributed by atoms with Gasteiger partial charge < -0.3 is 5.32 Å². The van der Waals surface area contributed by atoms with E-state index in [1.807, 2.05) is 18.2 Å². The predicted octanol–water partition coefficient (Wildman–Crippen LogP) is 4.11. The molecule has 1 heterocycles. The number of rotatable bonds is 2. The molecule has 0 spiro atoms. The second-order valence-electron chi connectivity index (χ2n) is 5.49. The molecule has 6 heteroatoms. The fourth-order valence-electron chi connectivity index (χ4n) is 1.88. The zero-order valence-corrected chi connectivity index (χ0v) is 13.2. The van der Waals surface area contributed by atoms with Gasteiger partial charge in [0, 0.05) is 16.2 Å². The Bertz CT molecular complexity index is 602. The van der Waals surface area contributed by atoms with Gasteiger partial charge in [0.15, 0.2) is 0 Å². The van der Waals surface area contributed by atoms with Crippen LogP contribution in [0.25, 0.3) is 0 Å². The summed E-state index contributed by atoms with van der Waals surface area (Å²) in [5.74, 6) is 0.551. The van der Waals surface area contributed by atoms with Crippen molar-refractivity contribution in [2.24, 2.45) is 0 Å². The zero-order valence-electron chi connectivity index (χ0n) is 11.6. The second-order valence-corrected chi connectivity index (χ2v) is 6.41. The summed E-state index contributed by atoms with van der Waals surface area (Å²) in [6, 6.07) is 7.25. The Morgan fingerprint density at radius 3 is 2.60 bits per heavy atom.